The molecule has 0 unspecified atom stereocenters. The predicted molar refractivity (Wildman–Crippen MR) is 55.3 cm³/mol. The molecule has 0 aliphatic rings. The highest BCUT2D eigenvalue weighted by atomic mass is 19.4. The molecule has 2 nitrogen and oxygen atoms in total. The van der Waals surface area contributed by atoms with Crippen molar-refractivity contribution >= 4 is 10.8 Å². The lowest BCUT2D eigenvalue weighted by molar-refractivity contribution is -0.274. The fourth-order valence-electron chi connectivity index (χ4n) is 1.56. The number of hydrogen-bond donors (Lipinski definition) is 0. The summed E-state index contributed by atoms with van der Waals surface area (Å²) in [5, 5.41) is 9.63. The molecule has 0 radical (unpaired) electrons. The van der Waals surface area contributed by atoms with Crippen LogP contribution in [-0.4, -0.2) is 6.36 Å². The van der Waals surface area contributed by atoms with Gasteiger partial charge in [0.15, 0.2) is 5.75 Å². The monoisotopic (exact) mass is 237 g/mol. The van der Waals surface area contributed by atoms with E-state index in [2.05, 4.69) is 4.74 Å². The van der Waals surface area contributed by atoms with Gasteiger partial charge in [-0.3, -0.25) is 0 Å². The highest BCUT2D eigenvalue weighted by Crippen LogP contribution is 2.33. The number of hydrogen-bond acceptors (Lipinski definition) is 2. The van der Waals surface area contributed by atoms with Crippen molar-refractivity contribution in [2.24, 2.45) is 0 Å². The molecule has 0 atom stereocenters. The average molecular weight is 237 g/mol. The topological polar surface area (TPSA) is 33.0 Å². The van der Waals surface area contributed by atoms with Crippen LogP contribution in [0.25, 0.3) is 10.8 Å². The van der Waals surface area contributed by atoms with Crippen LogP contribution in [0.3, 0.4) is 0 Å². The number of ether oxygens (including phenoxy) is 1. The minimum Gasteiger partial charge on any atom is -0.404 e. The van der Waals surface area contributed by atoms with Gasteiger partial charge in [0.25, 0.3) is 0 Å². The third kappa shape index (κ3) is 2.31. The SMILES string of the molecule is N#Cc1ccc2ccccc2c1OC(F)(F)F. The second-order valence-electron chi connectivity index (χ2n) is 3.32. The van der Waals surface area contributed by atoms with E-state index in [0.29, 0.717) is 5.39 Å². The summed E-state index contributed by atoms with van der Waals surface area (Å²) in [5.74, 6) is -0.446. The second kappa shape index (κ2) is 3.98. The maximum atomic E-state index is 12.3. The predicted octanol–water partition coefficient (Wildman–Crippen LogP) is 3.61. The first-order valence-corrected chi connectivity index (χ1v) is 4.69. The largest absolute Gasteiger partial charge is 0.573 e. The van der Waals surface area contributed by atoms with Gasteiger partial charge in [0.1, 0.15) is 6.07 Å². The van der Waals surface area contributed by atoms with Crippen molar-refractivity contribution in [3.05, 3.63) is 42.0 Å². The Morgan fingerprint density at radius 2 is 1.76 bits per heavy atom. The number of nitrogens with zero attached hydrogens (tertiary/aromatic N) is 1. The highest BCUT2D eigenvalue weighted by molar-refractivity contribution is 5.90. The molecule has 2 aromatic carbocycles. The summed E-state index contributed by atoms with van der Waals surface area (Å²) in [6, 6.07) is 11.0. The molecule has 0 saturated heterocycles. The molecule has 0 bridgehead atoms. The van der Waals surface area contributed by atoms with Crippen LogP contribution < -0.4 is 4.74 Å². The summed E-state index contributed by atoms with van der Waals surface area (Å²) in [6.45, 7) is 0. The van der Waals surface area contributed by atoms with Crippen molar-refractivity contribution in [1.29, 1.82) is 5.26 Å². The Balaban J connectivity index is 2.68. The van der Waals surface area contributed by atoms with Crippen LogP contribution in [0.15, 0.2) is 36.4 Å². The van der Waals surface area contributed by atoms with Gasteiger partial charge in [-0.2, -0.15) is 5.26 Å². The Kier molecular flexibility index (Phi) is 2.64. The van der Waals surface area contributed by atoms with Gasteiger partial charge in [0.2, 0.25) is 0 Å². The molecule has 0 N–H and O–H groups in total. The first kappa shape index (κ1) is 11.3. The number of benzene rings is 2. The molecule has 5 heteroatoms. The molecule has 0 spiro atoms. The molecule has 2 aromatic rings. The number of halogens is 3. The summed E-state index contributed by atoms with van der Waals surface area (Å²) < 4.78 is 40.7. The van der Waals surface area contributed by atoms with Gasteiger partial charge in [0, 0.05) is 5.39 Å². The molecular weight excluding hydrogens is 231 g/mol. The fraction of sp³-hybridized carbons (Fsp3) is 0.0833. The smallest absolute Gasteiger partial charge is 0.404 e. The standard InChI is InChI=1S/C12H6F3NO/c13-12(14,15)17-11-9(7-16)6-5-8-3-1-2-4-10(8)11/h1-6H. The molecule has 0 aliphatic heterocycles. The van der Waals surface area contributed by atoms with Crippen LogP contribution in [0.1, 0.15) is 5.56 Å². The Morgan fingerprint density at radius 3 is 2.41 bits per heavy atom. The quantitative estimate of drug-likeness (QED) is 0.759. The summed E-state index contributed by atoms with van der Waals surface area (Å²) in [6.07, 6.45) is -4.81. The van der Waals surface area contributed by atoms with Crippen LogP contribution >= 0.6 is 0 Å². The zero-order valence-electron chi connectivity index (χ0n) is 8.45. The number of fused-ring (bicyclic) bond motifs is 1. The fourth-order valence-corrected chi connectivity index (χ4v) is 1.56. The molecule has 0 aliphatic carbocycles. The second-order valence-corrected chi connectivity index (χ2v) is 3.32. The third-order valence-corrected chi connectivity index (χ3v) is 2.22. The first-order valence-electron chi connectivity index (χ1n) is 4.69. The van der Waals surface area contributed by atoms with Crippen molar-refractivity contribution in [2.75, 3.05) is 0 Å². The maximum Gasteiger partial charge on any atom is 0.573 e. The van der Waals surface area contributed by atoms with Crippen LogP contribution in [0.4, 0.5) is 13.2 Å². The summed E-state index contributed by atoms with van der Waals surface area (Å²) in [4.78, 5) is 0. The normalized spacial score (nSPS) is 11.2. The maximum absolute atomic E-state index is 12.3. The van der Waals surface area contributed by atoms with Gasteiger partial charge >= 0.3 is 6.36 Å². The Morgan fingerprint density at radius 1 is 1.06 bits per heavy atom. The molecule has 2 rings (SSSR count). The van der Waals surface area contributed by atoms with E-state index >= 15 is 0 Å². The van der Waals surface area contributed by atoms with Gasteiger partial charge in [-0.05, 0) is 11.5 Å². The number of rotatable bonds is 1. The minimum atomic E-state index is -4.81. The molecule has 17 heavy (non-hydrogen) atoms. The van der Waals surface area contributed by atoms with Crippen molar-refractivity contribution < 1.29 is 17.9 Å². The molecule has 0 saturated carbocycles. The van der Waals surface area contributed by atoms with E-state index in [9.17, 15) is 13.2 Å². The van der Waals surface area contributed by atoms with Crippen LogP contribution in [0.5, 0.6) is 5.75 Å². The van der Waals surface area contributed by atoms with Crippen molar-refractivity contribution in [3.63, 3.8) is 0 Å². The summed E-state index contributed by atoms with van der Waals surface area (Å²) in [5.41, 5.74) is -0.138. The van der Waals surface area contributed by atoms with Crippen molar-refractivity contribution in [1.82, 2.24) is 0 Å². The van der Waals surface area contributed by atoms with E-state index in [4.69, 9.17) is 5.26 Å². The lowest BCUT2D eigenvalue weighted by Crippen LogP contribution is -2.18. The zero-order chi connectivity index (χ0) is 12.5. The molecule has 0 aromatic heterocycles. The Labute approximate surface area is 94.8 Å². The first-order chi connectivity index (χ1) is 8.01. The van der Waals surface area contributed by atoms with Gasteiger partial charge in [-0.1, -0.05) is 30.3 Å². The van der Waals surface area contributed by atoms with E-state index in [0.717, 1.165) is 0 Å². The lowest BCUT2D eigenvalue weighted by atomic mass is 10.1. The molecule has 0 heterocycles. The van der Waals surface area contributed by atoms with Crippen LogP contribution in [0, 0.1) is 11.3 Å². The van der Waals surface area contributed by atoms with Crippen LogP contribution in [-0.2, 0) is 0 Å². The minimum absolute atomic E-state index is 0.138. The van der Waals surface area contributed by atoms with E-state index in [-0.39, 0.29) is 10.9 Å². The van der Waals surface area contributed by atoms with E-state index in [1.807, 2.05) is 0 Å². The molecule has 86 valence electrons. The van der Waals surface area contributed by atoms with Gasteiger partial charge in [0.05, 0.1) is 5.56 Å². The van der Waals surface area contributed by atoms with Gasteiger partial charge in [-0.25, -0.2) is 0 Å². The van der Waals surface area contributed by atoms with Crippen molar-refractivity contribution in [2.45, 2.75) is 6.36 Å². The Hall–Kier alpha value is -2.22. The summed E-state index contributed by atoms with van der Waals surface area (Å²) in [7, 11) is 0. The van der Waals surface area contributed by atoms with E-state index in [1.165, 1.54) is 12.1 Å². The highest BCUT2D eigenvalue weighted by Gasteiger charge is 2.33. The van der Waals surface area contributed by atoms with Gasteiger partial charge < -0.3 is 4.74 Å². The van der Waals surface area contributed by atoms with E-state index < -0.39 is 12.1 Å². The Bertz CT molecular complexity index is 599. The van der Waals surface area contributed by atoms with Crippen molar-refractivity contribution in [3.8, 4) is 11.8 Å². The molecular formula is C12H6F3NO. The molecule has 0 fully saturated rings. The number of nitriles is 1. The summed E-state index contributed by atoms with van der Waals surface area (Å²) >= 11 is 0. The van der Waals surface area contributed by atoms with E-state index in [1.54, 1.807) is 30.3 Å². The number of alkyl halides is 3. The van der Waals surface area contributed by atoms with Crippen LogP contribution in [0.2, 0.25) is 0 Å². The lowest BCUT2D eigenvalue weighted by Gasteiger charge is -2.12. The third-order valence-electron chi connectivity index (χ3n) is 2.22. The molecule has 0 amide bonds. The zero-order valence-corrected chi connectivity index (χ0v) is 8.45. The van der Waals surface area contributed by atoms with Gasteiger partial charge in [-0.15, -0.1) is 13.2 Å². The average Bonchev–Trinajstić information content (AvgIpc) is 2.28.